The van der Waals surface area contributed by atoms with Gasteiger partial charge in [-0.3, -0.25) is 9.36 Å². The highest BCUT2D eigenvalue weighted by atomic mass is 35.5. The first-order chi connectivity index (χ1) is 19.4. The largest absolute Gasteiger partial charge is 0.444 e. The molecule has 3 heterocycles. The molecule has 41 heavy (non-hydrogen) atoms. The number of aryl methyl sites for hydroxylation is 1. The summed E-state index contributed by atoms with van der Waals surface area (Å²) in [4.78, 5) is 39.8. The highest BCUT2D eigenvalue weighted by Crippen LogP contribution is 2.32. The molecule has 0 saturated heterocycles. The number of hydrogen-bond donors (Lipinski definition) is 0. The Kier molecular flexibility index (Phi) is 7.80. The van der Waals surface area contributed by atoms with E-state index >= 15 is 0 Å². The molecule has 0 aliphatic carbocycles. The number of imidazole rings is 1. The molecule has 0 saturated carbocycles. The highest BCUT2D eigenvalue weighted by molar-refractivity contribution is 7.22. The SMILES string of the molecule is CN(CCCn1c(N(C)C)nc2cc(-n3cnc4cc(-c5ccc(Cl)cc5)sc4c3=O)ccc21)C(=O)OC(C)(C)C. The van der Waals surface area contributed by atoms with E-state index in [2.05, 4.69) is 9.55 Å². The molecular formula is C30H33ClN6O3S. The van der Waals surface area contributed by atoms with Crippen LogP contribution in [0.25, 0.3) is 37.4 Å². The minimum absolute atomic E-state index is 0.128. The van der Waals surface area contributed by atoms with E-state index in [1.165, 1.54) is 11.3 Å². The minimum atomic E-state index is -0.536. The van der Waals surface area contributed by atoms with Crippen LogP contribution >= 0.6 is 22.9 Å². The number of thiophene rings is 1. The predicted molar refractivity (Wildman–Crippen MR) is 167 cm³/mol. The number of ether oxygens (including phenoxy) is 1. The smallest absolute Gasteiger partial charge is 0.410 e. The maximum absolute atomic E-state index is 13.5. The summed E-state index contributed by atoms with van der Waals surface area (Å²) in [6.07, 6.45) is 1.95. The first-order valence-corrected chi connectivity index (χ1v) is 14.5. The summed E-state index contributed by atoms with van der Waals surface area (Å²) in [5.41, 5.74) is 3.40. The van der Waals surface area contributed by atoms with Gasteiger partial charge in [0.15, 0.2) is 0 Å². The third-order valence-electron chi connectivity index (χ3n) is 6.54. The van der Waals surface area contributed by atoms with Crippen LogP contribution in [0.3, 0.4) is 0 Å². The van der Waals surface area contributed by atoms with Gasteiger partial charge in [0.25, 0.3) is 5.56 Å². The van der Waals surface area contributed by atoms with Crippen LogP contribution in [0, 0.1) is 0 Å². The number of carbonyl (C=O) groups is 1. The molecule has 0 unspecified atom stereocenters. The first-order valence-electron chi connectivity index (χ1n) is 13.3. The molecule has 9 nitrogen and oxygen atoms in total. The zero-order valence-corrected chi connectivity index (χ0v) is 25.6. The molecule has 2 aromatic carbocycles. The first kappa shape index (κ1) is 28.6. The molecule has 3 aromatic heterocycles. The summed E-state index contributed by atoms with van der Waals surface area (Å²) in [6.45, 7) is 6.77. The number of halogens is 1. The zero-order valence-electron chi connectivity index (χ0n) is 24.0. The Morgan fingerprint density at radius 3 is 2.46 bits per heavy atom. The van der Waals surface area contributed by atoms with Gasteiger partial charge in [0.05, 0.1) is 22.2 Å². The van der Waals surface area contributed by atoms with Crippen LogP contribution in [-0.2, 0) is 11.3 Å². The van der Waals surface area contributed by atoms with Gasteiger partial charge < -0.3 is 19.1 Å². The number of nitrogens with zero attached hydrogens (tertiary/aromatic N) is 6. The third kappa shape index (κ3) is 6.08. The molecular weight excluding hydrogens is 560 g/mol. The molecule has 1 amide bonds. The predicted octanol–water partition coefficient (Wildman–Crippen LogP) is 6.44. The minimum Gasteiger partial charge on any atom is -0.444 e. The molecule has 0 radical (unpaired) electrons. The lowest BCUT2D eigenvalue weighted by Crippen LogP contribution is -2.35. The molecule has 0 atom stereocenters. The molecule has 11 heteroatoms. The van der Waals surface area contributed by atoms with E-state index < -0.39 is 5.60 Å². The van der Waals surface area contributed by atoms with Crippen molar-refractivity contribution in [2.45, 2.75) is 39.3 Å². The van der Waals surface area contributed by atoms with Crippen molar-refractivity contribution in [3.63, 3.8) is 0 Å². The summed E-state index contributed by atoms with van der Waals surface area (Å²) in [7, 11) is 5.64. The maximum atomic E-state index is 13.5. The van der Waals surface area contributed by atoms with E-state index in [0.29, 0.717) is 34.0 Å². The number of fused-ring (bicyclic) bond motifs is 2. The zero-order chi connectivity index (χ0) is 29.5. The number of aromatic nitrogens is 4. The van der Waals surface area contributed by atoms with Gasteiger partial charge in [0, 0.05) is 44.1 Å². The van der Waals surface area contributed by atoms with Crippen LogP contribution in [0.2, 0.25) is 5.02 Å². The number of amides is 1. The van der Waals surface area contributed by atoms with Crippen molar-refractivity contribution >= 4 is 56.2 Å². The van der Waals surface area contributed by atoms with Gasteiger partial charge in [-0.2, -0.15) is 0 Å². The highest BCUT2D eigenvalue weighted by Gasteiger charge is 2.20. The van der Waals surface area contributed by atoms with E-state index in [0.717, 1.165) is 33.8 Å². The topological polar surface area (TPSA) is 85.5 Å². The van der Waals surface area contributed by atoms with Crippen molar-refractivity contribution < 1.29 is 9.53 Å². The fourth-order valence-electron chi connectivity index (χ4n) is 4.57. The Bertz CT molecular complexity index is 1780. The lowest BCUT2D eigenvalue weighted by atomic mass is 10.2. The fraction of sp³-hybridized carbons (Fsp3) is 0.333. The summed E-state index contributed by atoms with van der Waals surface area (Å²) in [5, 5.41) is 0.665. The molecule has 0 bridgehead atoms. The van der Waals surface area contributed by atoms with Crippen molar-refractivity contribution in [2.24, 2.45) is 0 Å². The lowest BCUT2D eigenvalue weighted by Gasteiger charge is -2.24. The third-order valence-corrected chi connectivity index (χ3v) is 7.95. The number of anilines is 1. The Morgan fingerprint density at radius 1 is 1.05 bits per heavy atom. The number of carbonyl (C=O) groups excluding carboxylic acids is 1. The summed E-state index contributed by atoms with van der Waals surface area (Å²) < 4.78 is 9.74. The monoisotopic (exact) mass is 592 g/mol. The van der Waals surface area contributed by atoms with Gasteiger partial charge in [-0.1, -0.05) is 23.7 Å². The van der Waals surface area contributed by atoms with Crippen LogP contribution in [0.15, 0.2) is 59.7 Å². The lowest BCUT2D eigenvalue weighted by molar-refractivity contribution is 0.0295. The van der Waals surface area contributed by atoms with Crippen LogP contribution in [-0.4, -0.2) is 63.4 Å². The standard InChI is InChI=1S/C30H33ClN6O3S/c1-30(2,3)40-29(39)35(6)14-7-15-36-24-13-12-21(16-22(24)33-28(36)34(4)5)37-18-32-23-17-25(41-26(23)27(37)38)19-8-10-20(31)11-9-19/h8-13,16-18H,7,14-15H2,1-6H3. The van der Waals surface area contributed by atoms with Gasteiger partial charge >= 0.3 is 6.09 Å². The number of hydrogen-bond acceptors (Lipinski definition) is 7. The molecule has 0 fully saturated rings. The molecule has 214 valence electrons. The van der Waals surface area contributed by atoms with Gasteiger partial charge in [-0.15, -0.1) is 11.3 Å². The van der Waals surface area contributed by atoms with Gasteiger partial charge in [0.1, 0.15) is 16.6 Å². The Labute approximate surface area is 247 Å². The molecule has 0 N–H and O–H groups in total. The second-order valence-electron chi connectivity index (χ2n) is 11.1. The van der Waals surface area contributed by atoms with Crippen molar-refractivity contribution in [3.8, 4) is 16.1 Å². The normalized spacial score (nSPS) is 11.8. The van der Waals surface area contributed by atoms with Crippen molar-refractivity contribution in [3.05, 3.63) is 70.2 Å². The van der Waals surface area contributed by atoms with E-state index in [1.807, 2.05) is 88.3 Å². The molecule has 5 rings (SSSR count). The number of rotatable bonds is 7. The molecule has 0 spiro atoms. The Hall–Kier alpha value is -3.89. The molecule has 0 aliphatic heterocycles. The summed E-state index contributed by atoms with van der Waals surface area (Å²) in [5.74, 6) is 0.795. The second kappa shape index (κ2) is 11.2. The average molecular weight is 593 g/mol. The quantitative estimate of drug-likeness (QED) is 0.216. The van der Waals surface area contributed by atoms with Crippen molar-refractivity contribution in [1.82, 2.24) is 24.0 Å². The Balaban J connectivity index is 1.42. The van der Waals surface area contributed by atoms with Crippen molar-refractivity contribution in [2.75, 3.05) is 32.6 Å². The average Bonchev–Trinajstić information content (AvgIpc) is 3.50. The van der Waals surface area contributed by atoms with Crippen LogP contribution < -0.4 is 10.5 Å². The van der Waals surface area contributed by atoms with Gasteiger partial charge in [-0.05, 0) is 69.2 Å². The van der Waals surface area contributed by atoms with Crippen LogP contribution in [0.4, 0.5) is 10.7 Å². The van der Waals surface area contributed by atoms with E-state index in [1.54, 1.807) is 22.8 Å². The van der Waals surface area contributed by atoms with Gasteiger partial charge in [0.2, 0.25) is 5.95 Å². The van der Waals surface area contributed by atoms with E-state index in [9.17, 15) is 9.59 Å². The van der Waals surface area contributed by atoms with E-state index in [4.69, 9.17) is 21.3 Å². The van der Waals surface area contributed by atoms with Crippen molar-refractivity contribution in [1.29, 1.82) is 0 Å². The maximum Gasteiger partial charge on any atom is 0.410 e. The summed E-state index contributed by atoms with van der Waals surface area (Å²) >= 11 is 7.46. The van der Waals surface area contributed by atoms with Crippen LogP contribution in [0.5, 0.6) is 0 Å². The van der Waals surface area contributed by atoms with Gasteiger partial charge in [-0.25, -0.2) is 14.8 Å². The molecule has 0 aliphatic rings. The summed E-state index contributed by atoms with van der Waals surface area (Å²) in [6, 6.07) is 15.3. The Morgan fingerprint density at radius 2 is 1.78 bits per heavy atom. The number of benzene rings is 2. The van der Waals surface area contributed by atoms with E-state index in [-0.39, 0.29) is 11.7 Å². The second-order valence-corrected chi connectivity index (χ2v) is 12.6. The molecule has 5 aromatic rings. The van der Waals surface area contributed by atoms with Crippen LogP contribution in [0.1, 0.15) is 27.2 Å². The fourth-order valence-corrected chi connectivity index (χ4v) is 5.74.